The van der Waals surface area contributed by atoms with E-state index in [4.69, 9.17) is 10.5 Å². The lowest BCUT2D eigenvalue weighted by atomic mass is 9.82. The van der Waals surface area contributed by atoms with Gasteiger partial charge in [-0.05, 0) is 27.7 Å². The quantitative estimate of drug-likeness (QED) is 0.834. The number of hydrogen-bond acceptors (Lipinski definition) is 4. The molecule has 0 radical (unpaired) electrons. The molecule has 2 fully saturated rings. The van der Waals surface area contributed by atoms with E-state index in [1.807, 2.05) is 0 Å². The van der Waals surface area contributed by atoms with Crippen LogP contribution in [-0.4, -0.2) is 52.8 Å². The minimum Gasteiger partial charge on any atom is -0.368 e. The Morgan fingerprint density at radius 3 is 2.44 bits per heavy atom. The van der Waals surface area contributed by atoms with Gasteiger partial charge in [0.1, 0.15) is 0 Å². The van der Waals surface area contributed by atoms with Gasteiger partial charge in [0, 0.05) is 42.6 Å². The number of thioether (sulfide) groups is 1. The van der Waals surface area contributed by atoms with E-state index in [0.29, 0.717) is 5.92 Å². The lowest BCUT2D eigenvalue weighted by molar-refractivity contribution is -0.0784. The van der Waals surface area contributed by atoms with Crippen LogP contribution in [0.25, 0.3) is 0 Å². The van der Waals surface area contributed by atoms with Crippen LogP contribution in [0.1, 0.15) is 34.6 Å². The molecule has 2 aliphatic heterocycles. The monoisotopic (exact) mass is 272 g/mol. The Kier molecular flexibility index (Phi) is 4.04. The van der Waals surface area contributed by atoms with Gasteiger partial charge in [-0.2, -0.15) is 11.8 Å². The van der Waals surface area contributed by atoms with Crippen LogP contribution in [0.5, 0.6) is 0 Å². The van der Waals surface area contributed by atoms with Crippen LogP contribution in [0.4, 0.5) is 0 Å². The Hall–Kier alpha value is 0.230. The first-order valence-electron chi connectivity index (χ1n) is 7.02. The fourth-order valence-corrected chi connectivity index (χ4v) is 4.49. The standard InChI is InChI=1S/C14H28N2OS/c1-10-8-16(6-7-18-10)9-11-12(15)14(4,5)17-13(11,2)3/h10-12H,6-9,15H2,1-5H3. The van der Waals surface area contributed by atoms with Crippen molar-refractivity contribution in [3.8, 4) is 0 Å². The molecule has 0 saturated carbocycles. The third-order valence-corrected chi connectivity index (χ3v) is 5.57. The zero-order chi connectivity index (χ0) is 13.6. The smallest absolute Gasteiger partial charge is 0.0788 e. The molecule has 0 amide bonds. The first-order valence-corrected chi connectivity index (χ1v) is 8.07. The van der Waals surface area contributed by atoms with E-state index in [2.05, 4.69) is 51.3 Å². The Labute approximate surface area is 116 Å². The molecule has 3 unspecified atom stereocenters. The SMILES string of the molecule is CC1CN(CC2C(N)C(C)(C)OC2(C)C)CCS1. The fraction of sp³-hybridized carbons (Fsp3) is 1.00. The molecule has 3 nitrogen and oxygen atoms in total. The summed E-state index contributed by atoms with van der Waals surface area (Å²) in [5.74, 6) is 1.66. The van der Waals surface area contributed by atoms with Gasteiger partial charge in [0.05, 0.1) is 11.2 Å². The van der Waals surface area contributed by atoms with Crippen molar-refractivity contribution in [2.75, 3.05) is 25.4 Å². The van der Waals surface area contributed by atoms with Crippen molar-refractivity contribution >= 4 is 11.8 Å². The van der Waals surface area contributed by atoms with Crippen LogP contribution in [0, 0.1) is 5.92 Å². The maximum atomic E-state index is 6.43. The molecular formula is C14H28N2OS. The maximum Gasteiger partial charge on any atom is 0.0788 e. The number of rotatable bonds is 2. The Balaban J connectivity index is 2.03. The van der Waals surface area contributed by atoms with Crippen molar-refractivity contribution in [1.29, 1.82) is 0 Å². The molecule has 2 rings (SSSR count). The molecule has 0 aromatic heterocycles. The second-order valence-electron chi connectivity index (χ2n) is 6.88. The van der Waals surface area contributed by atoms with Crippen LogP contribution < -0.4 is 5.73 Å². The van der Waals surface area contributed by atoms with Gasteiger partial charge >= 0.3 is 0 Å². The summed E-state index contributed by atoms with van der Waals surface area (Å²) in [6, 6.07) is 0.123. The van der Waals surface area contributed by atoms with Crippen LogP contribution in [0.3, 0.4) is 0 Å². The van der Waals surface area contributed by atoms with Gasteiger partial charge < -0.3 is 15.4 Å². The second kappa shape index (κ2) is 4.97. The molecule has 3 atom stereocenters. The number of nitrogens with two attached hydrogens (primary N) is 1. The molecule has 0 aliphatic carbocycles. The summed E-state index contributed by atoms with van der Waals surface area (Å²) in [4.78, 5) is 2.57. The van der Waals surface area contributed by atoms with Gasteiger partial charge in [-0.3, -0.25) is 0 Å². The van der Waals surface area contributed by atoms with Gasteiger partial charge in [-0.25, -0.2) is 0 Å². The van der Waals surface area contributed by atoms with Crippen molar-refractivity contribution < 1.29 is 4.74 Å². The first-order chi connectivity index (χ1) is 8.22. The highest BCUT2D eigenvalue weighted by atomic mass is 32.2. The van der Waals surface area contributed by atoms with E-state index >= 15 is 0 Å². The van der Waals surface area contributed by atoms with Crippen LogP contribution in [0.2, 0.25) is 0 Å². The lowest BCUT2D eigenvalue weighted by Gasteiger charge is -2.36. The predicted octanol–water partition coefficient (Wildman–Crippen LogP) is 1.95. The summed E-state index contributed by atoms with van der Waals surface area (Å²) >= 11 is 2.08. The van der Waals surface area contributed by atoms with Gasteiger partial charge in [0.15, 0.2) is 0 Å². The zero-order valence-corrected chi connectivity index (χ0v) is 13.2. The van der Waals surface area contributed by atoms with E-state index < -0.39 is 0 Å². The average Bonchev–Trinajstić information content (AvgIpc) is 2.37. The molecule has 2 heterocycles. The molecule has 0 bridgehead atoms. The van der Waals surface area contributed by atoms with Crippen molar-refractivity contribution in [3.63, 3.8) is 0 Å². The maximum absolute atomic E-state index is 6.43. The van der Waals surface area contributed by atoms with Gasteiger partial charge in [-0.15, -0.1) is 0 Å². The molecule has 0 aromatic carbocycles. The Bertz CT molecular complexity index is 306. The van der Waals surface area contributed by atoms with E-state index in [1.165, 1.54) is 18.8 Å². The largest absolute Gasteiger partial charge is 0.368 e. The highest BCUT2D eigenvalue weighted by molar-refractivity contribution is 7.99. The van der Waals surface area contributed by atoms with Crippen LogP contribution in [0.15, 0.2) is 0 Å². The van der Waals surface area contributed by atoms with E-state index in [1.54, 1.807) is 0 Å². The van der Waals surface area contributed by atoms with Gasteiger partial charge in [0.2, 0.25) is 0 Å². The summed E-state index contributed by atoms with van der Waals surface area (Å²) in [6.45, 7) is 14.4. The summed E-state index contributed by atoms with van der Waals surface area (Å²) in [5, 5.41) is 0.744. The number of hydrogen-bond donors (Lipinski definition) is 1. The fourth-order valence-electron chi connectivity index (χ4n) is 3.41. The van der Waals surface area contributed by atoms with Gasteiger partial charge in [0.25, 0.3) is 0 Å². The van der Waals surface area contributed by atoms with Crippen molar-refractivity contribution in [2.45, 2.75) is 57.1 Å². The van der Waals surface area contributed by atoms with E-state index in [9.17, 15) is 0 Å². The molecular weight excluding hydrogens is 244 g/mol. The molecule has 0 spiro atoms. The summed E-state index contributed by atoms with van der Waals surface area (Å²) in [5.41, 5.74) is 6.11. The van der Waals surface area contributed by atoms with E-state index in [0.717, 1.165) is 11.8 Å². The summed E-state index contributed by atoms with van der Waals surface area (Å²) < 4.78 is 6.17. The lowest BCUT2D eigenvalue weighted by Crippen LogP contribution is -2.50. The van der Waals surface area contributed by atoms with Crippen molar-refractivity contribution in [3.05, 3.63) is 0 Å². The van der Waals surface area contributed by atoms with E-state index in [-0.39, 0.29) is 17.2 Å². The molecule has 2 saturated heterocycles. The molecule has 2 aliphatic rings. The third-order valence-electron chi connectivity index (χ3n) is 4.44. The minimum atomic E-state index is -0.204. The highest BCUT2D eigenvalue weighted by Gasteiger charge is 2.52. The molecule has 106 valence electrons. The highest BCUT2D eigenvalue weighted by Crippen LogP contribution is 2.41. The molecule has 0 aromatic rings. The summed E-state index contributed by atoms with van der Waals surface area (Å²) in [6.07, 6.45) is 0. The minimum absolute atomic E-state index is 0.114. The number of ether oxygens (including phenoxy) is 1. The van der Waals surface area contributed by atoms with Crippen molar-refractivity contribution in [1.82, 2.24) is 4.90 Å². The molecule has 2 N–H and O–H groups in total. The van der Waals surface area contributed by atoms with Crippen LogP contribution >= 0.6 is 11.8 Å². The second-order valence-corrected chi connectivity index (χ2v) is 8.43. The Morgan fingerprint density at radius 2 is 1.94 bits per heavy atom. The number of nitrogens with zero attached hydrogens (tertiary/aromatic N) is 1. The topological polar surface area (TPSA) is 38.5 Å². The van der Waals surface area contributed by atoms with Gasteiger partial charge in [-0.1, -0.05) is 6.92 Å². The normalized spacial score (nSPS) is 40.0. The summed E-state index contributed by atoms with van der Waals surface area (Å²) in [7, 11) is 0. The van der Waals surface area contributed by atoms with Crippen LogP contribution in [-0.2, 0) is 4.74 Å². The zero-order valence-electron chi connectivity index (χ0n) is 12.4. The Morgan fingerprint density at radius 1 is 1.28 bits per heavy atom. The average molecular weight is 272 g/mol. The van der Waals surface area contributed by atoms with Crippen molar-refractivity contribution in [2.24, 2.45) is 11.7 Å². The first kappa shape index (κ1) is 14.6. The molecule has 4 heteroatoms. The third kappa shape index (κ3) is 2.87. The molecule has 18 heavy (non-hydrogen) atoms. The predicted molar refractivity (Wildman–Crippen MR) is 79.1 cm³/mol.